The minimum atomic E-state index is -0.466. The molecule has 0 radical (unpaired) electrons. The summed E-state index contributed by atoms with van der Waals surface area (Å²) in [5.41, 5.74) is 0.883. The number of piperidine rings is 1. The molecule has 1 fully saturated rings. The SMILES string of the molecule is COC(=O)N1CCCC[C@H]1C(=O)N1CCOc2ccc(Cl)cc2C1. The Morgan fingerprint density at radius 1 is 1.29 bits per heavy atom. The fraction of sp³-hybridized carbons (Fsp3) is 0.529. The highest BCUT2D eigenvalue weighted by Gasteiger charge is 2.36. The Morgan fingerprint density at radius 3 is 2.92 bits per heavy atom. The molecular formula is C17H21ClN2O4. The van der Waals surface area contributed by atoms with Crippen molar-refractivity contribution in [3.8, 4) is 5.75 Å². The van der Waals surface area contributed by atoms with Crippen molar-refractivity contribution in [1.82, 2.24) is 9.80 Å². The Labute approximate surface area is 146 Å². The second-order valence-electron chi connectivity index (χ2n) is 6.04. The van der Waals surface area contributed by atoms with Crippen LogP contribution < -0.4 is 4.74 Å². The summed E-state index contributed by atoms with van der Waals surface area (Å²) < 4.78 is 10.5. The van der Waals surface area contributed by atoms with Gasteiger partial charge in [0.25, 0.3) is 0 Å². The maximum absolute atomic E-state index is 13.0. The molecule has 0 bridgehead atoms. The highest BCUT2D eigenvalue weighted by Crippen LogP contribution is 2.28. The van der Waals surface area contributed by atoms with Crippen molar-refractivity contribution in [2.24, 2.45) is 0 Å². The summed E-state index contributed by atoms with van der Waals surface area (Å²) >= 11 is 6.06. The van der Waals surface area contributed by atoms with Crippen LogP contribution in [0.1, 0.15) is 24.8 Å². The summed E-state index contributed by atoms with van der Waals surface area (Å²) in [6.45, 7) is 1.89. The van der Waals surface area contributed by atoms with E-state index >= 15 is 0 Å². The molecule has 24 heavy (non-hydrogen) atoms. The average Bonchev–Trinajstić information content (AvgIpc) is 2.82. The molecule has 0 spiro atoms. The first-order chi connectivity index (χ1) is 11.6. The Balaban J connectivity index is 1.79. The number of hydrogen-bond donors (Lipinski definition) is 0. The number of carbonyl (C=O) groups is 2. The van der Waals surface area contributed by atoms with Gasteiger partial charge in [-0.1, -0.05) is 11.6 Å². The highest BCUT2D eigenvalue weighted by molar-refractivity contribution is 6.30. The van der Waals surface area contributed by atoms with E-state index in [4.69, 9.17) is 21.1 Å². The maximum Gasteiger partial charge on any atom is 0.410 e. The van der Waals surface area contributed by atoms with E-state index in [1.807, 2.05) is 12.1 Å². The number of rotatable bonds is 1. The average molecular weight is 353 g/mol. The van der Waals surface area contributed by atoms with E-state index in [-0.39, 0.29) is 5.91 Å². The van der Waals surface area contributed by atoms with Gasteiger partial charge in [0.05, 0.1) is 13.7 Å². The van der Waals surface area contributed by atoms with Gasteiger partial charge < -0.3 is 14.4 Å². The van der Waals surface area contributed by atoms with Crippen molar-refractivity contribution in [2.75, 3.05) is 26.8 Å². The topological polar surface area (TPSA) is 59.1 Å². The van der Waals surface area contributed by atoms with Crippen LogP contribution in [0.15, 0.2) is 18.2 Å². The Kier molecular flexibility index (Phi) is 5.14. The number of ether oxygens (including phenoxy) is 2. The number of halogens is 1. The van der Waals surface area contributed by atoms with E-state index in [0.717, 1.165) is 24.2 Å². The Morgan fingerprint density at radius 2 is 2.12 bits per heavy atom. The molecule has 0 unspecified atom stereocenters. The third kappa shape index (κ3) is 3.43. The van der Waals surface area contributed by atoms with Gasteiger partial charge in [-0.05, 0) is 37.5 Å². The minimum Gasteiger partial charge on any atom is -0.491 e. The highest BCUT2D eigenvalue weighted by atomic mass is 35.5. The lowest BCUT2D eigenvalue weighted by Gasteiger charge is -2.36. The lowest BCUT2D eigenvalue weighted by Crippen LogP contribution is -2.53. The van der Waals surface area contributed by atoms with Crippen LogP contribution in [0.5, 0.6) is 5.75 Å². The van der Waals surface area contributed by atoms with E-state index in [1.165, 1.54) is 12.0 Å². The van der Waals surface area contributed by atoms with Crippen LogP contribution in [0.4, 0.5) is 4.79 Å². The van der Waals surface area contributed by atoms with E-state index in [2.05, 4.69) is 0 Å². The molecule has 0 aliphatic carbocycles. The zero-order valence-corrected chi connectivity index (χ0v) is 14.4. The van der Waals surface area contributed by atoms with Gasteiger partial charge in [-0.2, -0.15) is 0 Å². The van der Waals surface area contributed by atoms with Gasteiger partial charge in [0.1, 0.15) is 18.4 Å². The zero-order valence-electron chi connectivity index (χ0n) is 13.7. The zero-order chi connectivity index (χ0) is 17.1. The van der Waals surface area contributed by atoms with Crippen molar-refractivity contribution in [3.05, 3.63) is 28.8 Å². The third-order valence-corrected chi connectivity index (χ3v) is 4.75. The fourth-order valence-corrected chi connectivity index (χ4v) is 3.48. The number of likely N-dealkylation sites (tertiary alicyclic amines) is 1. The third-order valence-electron chi connectivity index (χ3n) is 4.51. The molecule has 0 N–H and O–H groups in total. The van der Waals surface area contributed by atoms with Gasteiger partial charge >= 0.3 is 6.09 Å². The van der Waals surface area contributed by atoms with Crippen molar-refractivity contribution < 1.29 is 19.1 Å². The van der Waals surface area contributed by atoms with Crippen molar-refractivity contribution in [2.45, 2.75) is 31.8 Å². The molecule has 2 aliphatic heterocycles. The molecule has 1 atom stereocenters. The number of carbonyl (C=O) groups excluding carboxylic acids is 2. The molecule has 0 aromatic heterocycles. The van der Waals surface area contributed by atoms with Crippen molar-refractivity contribution >= 4 is 23.6 Å². The molecular weight excluding hydrogens is 332 g/mol. The largest absolute Gasteiger partial charge is 0.491 e. The molecule has 7 heteroatoms. The number of hydrogen-bond acceptors (Lipinski definition) is 4. The number of amides is 2. The molecule has 3 rings (SSSR count). The predicted molar refractivity (Wildman–Crippen MR) is 89.1 cm³/mol. The Hall–Kier alpha value is -1.95. The van der Waals surface area contributed by atoms with E-state index < -0.39 is 12.1 Å². The van der Waals surface area contributed by atoms with Crippen LogP contribution in [0.3, 0.4) is 0 Å². The van der Waals surface area contributed by atoms with Crippen LogP contribution in [-0.2, 0) is 16.1 Å². The lowest BCUT2D eigenvalue weighted by molar-refractivity contribution is -0.138. The molecule has 6 nitrogen and oxygen atoms in total. The quantitative estimate of drug-likeness (QED) is 0.779. The first kappa shape index (κ1) is 16.9. The maximum atomic E-state index is 13.0. The van der Waals surface area contributed by atoms with Crippen molar-refractivity contribution in [3.63, 3.8) is 0 Å². The van der Waals surface area contributed by atoms with Crippen LogP contribution in [-0.4, -0.2) is 54.6 Å². The summed E-state index contributed by atoms with van der Waals surface area (Å²) in [6, 6.07) is 4.96. The van der Waals surface area contributed by atoms with Crippen LogP contribution in [0, 0.1) is 0 Å². The van der Waals surface area contributed by atoms with Crippen LogP contribution >= 0.6 is 11.6 Å². The number of nitrogens with zero attached hydrogens (tertiary/aromatic N) is 2. The summed E-state index contributed by atoms with van der Waals surface area (Å²) in [5.74, 6) is 0.694. The molecule has 1 aromatic carbocycles. The summed E-state index contributed by atoms with van der Waals surface area (Å²) in [5, 5.41) is 0.612. The molecule has 0 saturated carbocycles. The molecule has 2 heterocycles. The summed E-state index contributed by atoms with van der Waals surface area (Å²) in [4.78, 5) is 28.3. The smallest absolute Gasteiger partial charge is 0.410 e. The lowest BCUT2D eigenvalue weighted by atomic mass is 10.0. The fourth-order valence-electron chi connectivity index (χ4n) is 3.29. The minimum absolute atomic E-state index is 0.0588. The number of fused-ring (bicyclic) bond motifs is 1. The summed E-state index contributed by atoms with van der Waals surface area (Å²) in [6.07, 6.45) is 2.03. The standard InChI is InChI=1S/C17H21ClN2O4/c1-23-17(22)20-7-3-2-4-14(20)16(21)19-8-9-24-15-6-5-13(18)10-12(15)11-19/h5-6,10,14H,2-4,7-9,11H2,1H3/t14-/m0/s1. The van der Waals surface area contributed by atoms with Gasteiger partial charge in [-0.25, -0.2) is 4.79 Å². The van der Waals surface area contributed by atoms with Crippen LogP contribution in [0.25, 0.3) is 0 Å². The molecule has 1 saturated heterocycles. The first-order valence-corrected chi connectivity index (χ1v) is 8.52. The molecule has 130 valence electrons. The van der Waals surface area contributed by atoms with Gasteiger partial charge in [0.15, 0.2) is 0 Å². The second kappa shape index (κ2) is 7.30. The number of methoxy groups -OCH3 is 1. The monoisotopic (exact) mass is 352 g/mol. The molecule has 2 aliphatic rings. The van der Waals surface area contributed by atoms with E-state index in [0.29, 0.717) is 37.7 Å². The van der Waals surface area contributed by atoms with Gasteiger partial charge in [-0.15, -0.1) is 0 Å². The number of benzene rings is 1. The first-order valence-electron chi connectivity index (χ1n) is 8.15. The van der Waals surface area contributed by atoms with Gasteiger partial charge in [-0.3, -0.25) is 9.69 Å². The second-order valence-corrected chi connectivity index (χ2v) is 6.47. The molecule has 1 aromatic rings. The van der Waals surface area contributed by atoms with E-state index in [1.54, 1.807) is 11.0 Å². The van der Waals surface area contributed by atoms with Crippen molar-refractivity contribution in [1.29, 1.82) is 0 Å². The van der Waals surface area contributed by atoms with Gasteiger partial charge in [0.2, 0.25) is 5.91 Å². The predicted octanol–water partition coefficient (Wildman–Crippen LogP) is 2.68. The van der Waals surface area contributed by atoms with Crippen LogP contribution in [0.2, 0.25) is 5.02 Å². The summed E-state index contributed by atoms with van der Waals surface area (Å²) in [7, 11) is 1.34. The Bertz CT molecular complexity index is 637. The van der Waals surface area contributed by atoms with Gasteiger partial charge in [0, 0.05) is 23.7 Å². The van der Waals surface area contributed by atoms with E-state index in [9.17, 15) is 9.59 Å². The normalized spacial score (nSPS) is 20.7. The molecule has 2 amide bonds.